The molecule has 0 spiro atoms. The van der Waals surface area contributed by atoms with Crippen molar-refractivity contribution in [3.8, 4) is 0 Å². The molecule has 0 bridgehead atoms. The number of benzene rings is 3. The summed E-state index contributed by atoms with van der Waals surface area (Å²) in [6.07, 6.45) is 1.55. The molecule has 1 aliphatic heterocycles. The van der Waals surface area contributed by atoms with Crippen LogP contribution in [0.25, 0.3) is 0 Å². The highest BCUT2D eigenvalue weighted by atomic mass is 32.2. The Morgan fingerprint density at radius 2 is 1.56 bits per heavy atom. The Morgan fingerprint density at radius 1 is 0.906 bits per heavy atom. The number of Topliss-reactive ketones (excluding diaryl/α,β-unsaturated/α-hetero) is 1. The van der Waals surface area contributed by atoms with Gasteiger partial charge in [-0.3, -0.25) is 9.10 Å². The fourth-order valence-electron chi connectivity index (χ4n) is 3.57. The Hall–Kier alpha value is -3.52. The molecule has 6 nitrogen and oxygen atoms in total. The molecule has 8 heteroatoms. The van der Waals surface area contributed by atoms with Gasteiger partial charge in [0.2, 0.25) is 0 Å². The van der Waals surface area contributed by atoms with Crippen molar-refractivity contribution in [2.45, 2.75) is 17.7 Å². The van der Waals surface area contributed by atoms with Crippen molar-refractivity contribution in [2.24, 2.45) is 0 Å². The number of halogens is 1. The molecule has 0 amide bonds. The van der Waals surface area contributed by atoms with E-state index in [0.29, 0.717) is 12.2 Å². The number of rotatable bonds is 6. The van der Waals surface area contributed by atoms with Crippen molar-refractivity contribution >= 4 is 27.5 Å². The number of hydrogen-bond donors (Lipinski definition) is 0. The van der Waals surface area contributed by atoms with Crippen molar-refractivity contribution in [3.05, 3.63) is 95.3 Å². The SMILES string of the molecule is O=C(COC(=O)c1ccc(S(=O)(=O)N2CCCc3ccccc32)cc1)c1ccc(F)cc1. The topological polar surface area (TPSA) is 80.8 Å². The first-order valence-electron chi connectivity index (χ1n) is 10.0. The predicted molar refractivity (Wildman–Crippen MR) is 117 cm³/mol. The Bertz CT molecular complexity index is 1250. The predicted octanol–water partition coefficient (Wildman–Crippen LogP) is 4.01. The third kappa shape index (κ3) is 4.40. The molecular formula is C24H20FNO5S. The summed E-state index contributed by atoms with van der Waals surface area (Å²) in [6, 6.07) is 17.7. The molecule has 3 aromatic rings. The number of ketones is 1. The number of carbonyl (C=O) groups is 2. The van der Waals surface area contributed by atoms with Crippen LogP contribution in [0.1, 0.15) is 32.7 Å². The van der Waals surface area contributed by atoms with Crippen LogP contribution >= 0.6 is 0 Å². The van der Waals surface area contributed by atoms with Crippen molar-refractivity contribution in [1.82, 2.24) is 0 Å². The normalized spacial score (nSPS) is 13.3. The summed E-state index contributed by atoms with van der Waals surface area (Å²) in [4.78, 5) is 24.4. The molecule has 0 radical (unpaired) electrons. The summed E-state index contributed by atoms with van der Waals surface area (Å²) >= 11 is 0. The summed E-state index contributed by atoms with van der Waals surface area (Å²) in [5.41, 5.74) is 1.99. The maximum Gasteiger partial charge on any atom is 0.338 e. The number of para-hydroxylation sites is 1. The molecule has 32 heavy (non-hydrogen) atoms. The second-order valence-corrected chi connectivity index (χ2v) is 9.20. The van der Waals surface area contributed by atoms with E-state index in [1.165, 1.54) is 40.7 Å². The second kappa shape index (κ2) is 8.92. The number of sulfonamides is 1. The third-order valence-corrected chi connectivity index (χ3v) is 7.07. The Kier molecular flexibility index (Phi) is 6.05. The molecule has 0 unspecified atom stereocenters. The lowest BCUT2D eigenvalue weighted by Crippen LogP contribution is -2.35. The zero-order valence-electron chi connectivity index (χ0n) is 17.0. The van der Waals surface area contributed by atoms with Gasteiger partial charge >= 0.3 is 5.97 Å². The van der Waals surface area contributed by atoms with Crippen molar-refractivity contribution < 1.29 is 27.1 Å². The highest BCUT2D eigenvalue weighted by Gasteiger charge is 2.29. The smallest absolute Gasteiger partial charge is 0.338 e. The van der Waals surface area contributed by atoms with E-state index in [-0.39, 0.29) is 16.0 Å². The number of esters is 1. The van der Waals surface area contributed by atoms with Gasteiger partial charge in [0.15, 0.2) is 12.4 Å². The largest absolute Gasteiger partial charge is 0.454 e. The Morgan fingerprint density at radius 3 is 2.28 bits per heavy atom. The molecule has 0 fully saturated rings. The first-order valence-corrected chi connectivity index (χ1v) is 11.5. The van der Waals surface area contributed by atoms with E-state index in [9.17, 15) is 22.4 Å². The van der Waals surface area contributed by atoms with Gasteiger partial charge in [0.05, 0.1) is 16.1 Å². The van der Waals surface area contributed by atoms with E-state index >= 15 is 0 Å². The number of fused-ring (bicyclic) bond motifs is 1. The number of ether oxygens (including phenoxy) is 1. The molecule has 0 N–H and O–H groups in total. The minimum absolute atomic E-state index is 0.0631. The van der Waals surface area contributed by atoms with E-state index in [4.69, 9.17) is 4.74 Å². The average molecular weight is 453 g/mol. The molecule has 0 saturated carbocycles. The lowest BCUT2D eigenvalue weighted by atomic mass is 10.0. The van der Waals surface area contributed by atoms with Gasteiger partial charge in [-0.1, -0.05) is 18.2 Å². The summed E-state index contributed by atoms with van der Waals surface area (Å²) < 4.78 is 45.7. The minimum atomic E-state index is -3.79. The van der Waals surface area contributed by atoms with E-state index in [2.05, 4.69) is 0 Å². The lowest BCUT2D eigenvalue weighted by molar-refractivity contribution is 0.0474. The van der Waals surface area contributed by atoms with Crippen LogP contribution in [-0.4, -0.2) is 33.3 Å². The van der Waals surface area contributed by atoms with Crippen LogP contribution in [0.15, 0.2) is 77.7 Å². The van der Waals surface area contributed by atoms with Gasteiger partial charge in [-0.15, -0.1) is 0 Å². The summed E-state index contributed by atoms with van der Waals surface area (Å²) in [5, 5.41) is 0. The van der Waals surface area contributed by atoms with Crippen LogP contribution < -0.4 is 4.31 Å². The number of nitrogens with zero attached hydrogens (tertiary/aromatic N) is 1. The van der Waals surface area contributed by atoms with E-state index in [1.807, 2.05) is 12.1 Å². The first-order chi connectivity index (χ1) is 15.4. The molecule has 0 saturated heterocycles. The molecule has 164 valence electrons. The van der Waals surface area contributed by atoms with Crippen LogP contribution in [0.2, 0.25) is 0 Å². The molecule has 0 aliphatic carbocycles. The van der Waals surface area contributed by atoms with Gasteiger partial charge in [-0.25, -0.2) is 17.6 Å². The fourth-order valence-corrected chi connectivity index (χ4v) is 5.11. The zero-order chi connectivity index (χ0) is 22.7. The molecule has 3 aromatic carbocycles. The molecule has 1 heterocycles. The molecule has 0 aromatic heterocycles. The Labute approximate surface area is 185 Å². The quantitative estimate of drug-likeness (QED) is 0.416. The van der Waals surface area contributed by atoms with E-state index < -0.39 is 34.2 Å². The standard InChI is InChI=1S/C24H20FNO5S/c25-20-11-7-18(8-12-20)23(27)16-31-24(28)19-9-13-21(14-10-19)32(29,30)26-15-3-5-17-4-1-2-6-22(17)26/h1-2,4,6-14H,3,5,15-16H2. The number of carbonyl (C=O) groups excluding carboxylic acids is 2. The third-order valence-electron chi connectivity index (χ3n) is 5.25. The number of hydrogen-bond acceptors (Lipinski definition) is 5. The Balaban J connectivity index is 1.45. The van der Waals surface area contributed by atoms with E-state index in [1.54, 1.807) is 12.1 Å². The van der Waals surface area contributed by atoms with Crippen LogP contribution in [0, 0.1) is 5.82 Å². The highest BCUT2D eigenvalue weighted by Crippen LogP contribution is 2.31. The van der Waals surface area contributed by atoms with Gasteiger partial charge in [0, 0.05) is 12.1 Å². The van der Waals surface area contributed by atoms with Crippen LogP contribution in [0.4, 0.5) is 10.1 Å². The van der Waals surface area contributed by atoms with Gasteiger partial charge in [-0.05, 0) is 73.0 Å². The highest BCUT2D eigenvalue weighted by molar-refractivity contribution is 7.92. The van der Waals surface area contributed by atoms with Gasteiger partial charge < -0.3 is 4.74 Å². The van der Waals surface area contributed by atoms with Crippen molar-refractivity contribution in [3.63, 3.8) is 0 Å². The summed E-state index contributed by atoms with van der Waals surface area (Å²) in [5.74, 6) is -1.70. The lowest BCUT2D eigenvalue weighted by Gasteiger charge is -2.30. The van der Waals surface area contributed by atoms with Gasteiger partial charge in [-0.2, -0.15) is 0 Å². The van der Waals surface area contributed by atoms with Crippen LogP contribution in [-0.2, 0) is 21.2 Å². The summed E-state index contributed by atoms with van der Waals surface area (Å²) in [6.45, 7) is -0.121. The summed E-state index contributed by atoms with van der Waals surface area (Å²) in [7, 11) is -3.79. The van der Waals surface area contributed by atoms with Crippen LogP contribution in [0.3, 0.4) is 0 Å². The van der Waals surface area contributed by atoms with Gasteiger partial charge in [0.25, 0.3) is 10.0 Å². The maximum absolute atomic E-state index is 13.2. The van der Waals surface area contributed by atoms with Gasteiger partial charge in [0.1, 0.15) is 5.82 Å². The number of aryl methyl sites for hydroxylation is 1. The fraction of sp³-hybridized carbons (Fsp3) is 0.167. The molecule has 0 atom stereocenters. The molecule has 4 rings (SSSR count). The van der Waals surface area contributed by atoms with E-state index in [0.717, 1.165) is 30.5 Å². The number of anilines is 1. The maximum atomic E-state index is 13.2. The minimum Gasteiger partial charge on any atom is -0.454 e. The van der Waals surface area contributed by atoms with Crippen LogP contribution in [0.5, 0.6) is 0 Å². The monoisotopic (exact) mass is 453 g/mol. The molecular weight excluding hydrogens is 433 g/mol. The average Bonchev–Trinajstić information content (AvgIpc) is 2.82. The molecule has 1 aliphatic rings. The van der Waals surface area contributed by atoms with Crippen molar-refractivity contribution in [1.29, 1.82) is 0 Å². The second-order valence-electron chi connectivity index (χ2n) is 7.34. The zero-order valence-corrected chi connectivity index (χ0v) is 17.8. The van der Waals surface area contributed by atoms with Crippen molar-refractivity contribution in [2.75, 3.05) is 17.5 Å². The first kappa shape index (κ1) is 21.7.